The van der Waals surface area contributed by atoms with E-state index < -0.39 is 28.5 Å². The molecule has 0 unspecified atom stereocenters. The van der Waals surface area contributed by atoms with Crippen LogP contribution in [-0.4, -0.2) is 56.2 Å². The third kappa shape index (κ3) is 5.40. The third-order valence-corrected chi connectivity index (χ3v) is 7.99. The Kier molecular flexibility index (Phi) is 7.51. The van der Waals surface area contributed by atoms with Crippen molar-refractivity contribution in [2.75, 3.05) is 26.7 Å². The lowest BCUT2D eigenvalue weighted by atomic mass is 10.2. The maximum absolute atomic E-state index is 13.0. The van der Waals surface area contributed by atoms with Gasteiger partial charge >= 0.3 is 5.97 Å². The molecule has 30 heavy (non-hydrogen) atoms. The van der Waals surface area contributed by atoms with Crippen LogP contribution in [0.3, 0.4) is 0 Å². The van der Waals surface area contributed by atoms with Gasteiger partial charge in [-0.1, -0.05) is 30.2 Å². The van der Waals surface area contributed by atoms with Crippen LogP contribution in [0.2, 0.25) is 4.34 Å². The molecular formula is C20H23ClN2O5S2. The molecule has 162 valence electrons. The first-order chi connectivity index (χ1) is 14.3. The molecule has 2 heterocycles. The fraction of sp³-hybridized carbons (Fsp3) is 0.400. The van der Waals surface area contributed by atoms with Crippen LogP contribution in [0.5, 0.6) is 0 Å². The molecule has 1 aromatic heterocycles. The summed E-state index contributed by atoms with van der Waals surface area (Å²) < 4.78 is 33.2. The van der Waals surface area contributed by atoms with E-state index in [1.54, 1.807) is 25.2 Å². The van der Waals surface area contributed by atoms with Gasteiger partial charge < -0.3 is 9.64 Å². The number of benzene rings is 1. The van der Waals surface area contributed by atoms with Gasteiger partial charge in [0.2, 0.25) is 10.0 Å². The van der Waals surface area contributed by atoms with Crippen molar-refractivity contribution in [2.24, 2.45) is 0 Å². The molecule has 0 N–H and O–H groups in total. The van der Waals surface area contributed by atoms with Crippen LogP contribution in [0.1, 0.15) is 34.5 Å². The van der Waals surface area contributed by atoms with E-state index in [1.807, 2.05) is 6.07 Å². The molecule has 0 atom stereocenters. The number of nitrogens with zero attached hydrogens (tertiary/aromatic N) is 2. The van der Waals surface area contributed by atoms with Gasteiger partial charge in [-0.25, -0.2) is 13.2 Å². The molecule has 1 aliphatic heterocycles. The number of amides is 1. The topological polar surface area (TPSA) is 84.0 Å². The predicted octanol–water partition coefficient (Wildman–Crippen LogP) is 3.39. The SMILES string of the molecule is CN(Cc1ccc(Cl)s1)C(=O)COC(=O)c1ccccc1S(=O)(=O)N1CCCCC1. The summed E-state index contributed by atoms with van der Waals surface area (Å²) in [6, 6.07) is 9.51. The summed E-state index contributed by atoms with van der Waals surface area (Å²) in [6.45, 7) is 0.726. The molecule has 0 saturated carbocycles. The minimum Gasteiger partial charge on any atom is -0.452 e. The molecule has 1 aromatic carbocycles. The number of piperidine rings is 1. The summed E-state index contributed by atoms with van der Waals surface area (Å²) in [4.78, 5) is 27.1. The highest BCUT2D eigenvalue weighted by atomic mass is 35.5. The van der Waals surface area contributed by atoms with Crippen LogP contribution < -0.4 is 0 Å². The Morgan fingerprint density at radius 1 is 1.13 bits per heavy atom. The van der Waals surface area contributed by atoms with Crippen LogP contribution in [0.25, 0.3) is 0 Å². The second-order valence-corrected chi connectivity index (χ2v) is 10.7. The maximum Gasteiger partial charge on any atom is 0.340 e. The van der Waals surface area contributed by atoms with Gasteiger partial charge in [0.15, 0.2) is 6.61 Å². The fourth-order valence-corrected chi connectivity index (χ4v) is 6.02. The van der Waals surface area contributed by atoms with E-state index in [1.165, 1.54) is 32.7 Å². The Hall–Kier alpha value is -1.94. The maximum atomic E-state index is 13.0. The third-order valence-electron chi connectivity index (χ3n) is 4.81. The number of sulfonamides is 1. The van der Waals surface area contributed by atoms with Crippen molar-refractivity contribution in [3.63, 3.8) is 0 Å². The molecule has 1 fully saturated rings. The summed E-state index contributed by atoms with van der Waals surface area (Å²) in [5, 5.41) is 0. The van der Waals surface area contributed by atoms with E-state index in [-0.39, 0.29) is 10.5 Å². The van der Waals surface area contributed by atoms with E-state index in [9.17, 15) is 18.0 Å². The second kappa shape index (κ2) is 9.91. The number of likely N-dealkylation sites (N-methyl/N-ethyl adjacent to an activating group) is 1. The first-order valence-electron chi connectivity index (χ1n) is 9.53. The number of thiophene rings is 1. The van der Waals surface area contributed by atoms with Crippen molar-refractivity contribution in [2.45, 2.75) is 30.7 Å². The number of rotatable bonds is 7. The number of carbonyl (C=O) groups is 2. The van der Waals surface area contributed by atoms with Gasteiger partial charge in [0.05, 0.1) is 21.3 Å². The summed E-state index contributed by atoms with van der Waals surface area (Å²) in [7, 11) is -2.21. The molecule has 10 heteroatoms. The monoisotopic (exact) mass is 470 g/mol. The highest BCUT2D eigenvalue weighted by Gasteiger charge is 2.30. The smallest absolute Gasteiger partial charge is 0.340 e. The Morgan fingerprint density at radius 2 is 1.83 bits per heavy atom. The molecule has 1 saturated heterocycles. The number of ether oxygens (including phenoxy) is 1. The van der Waals surface area contributed by atoms with E-state index in [2.05, 4.69) is 0 Å². The quantitative estimate of drug-likeness (QED) is 0.579. The largest absolute Gasteiger partial charge is 0.452 e. The van der Waals surface area contributed by atoms with E-state index in [0.29, 0.717) is 24.0 Å². The molecule has 2 aromatic rings. The van der Waals surface area contributed by atoms with Crippen LogP contribution in [0, 0.1) is 0 Å². The molecule has 1 amide bonds. The Morgan fingerprint density at radius 3 is 2.50 bits per heavy atom. The zero-order valence-corrected chi connectivity index (χ0v) is 18.9. The molecule has 1 aliphatic rings. The van der Waals surface area contributed by atoms with Crippen LogP contribution >= 0.6 is 22.9 Å². The van der Waals surface area contributed by atoms with Gasteiger partial charge in [0.1, 0.15) is 0 Å². The Balaban J connectivity index is 1.66. The summed E-state index contributed by atoms with van der Waals surface area (Å²) in [5.41, 5.74) is -0.0661. The second-order valence-electron chi connectivity index (χ2n) is 6.99. The van der Waals surface area contributed by atoms with E-state index in [0.717, 1.165) is 24.1 Å². The van der Waals surface area contributed by atoms with Crippen molar-refractivity contribution in [1.82, 2.24) is 9.21 Å². The van der Waals surface area contributed by atoms with Gasteiger partial charge in [0.25, 0.3) is 5.91 Å². The summed E-state index contributed by atoms with van der Waals surface area (Å²) in [5.74, 6) is -1.24. The van der Waals surface area contributed by atoms with Gasteiger partial charge in [-0.05, 0) is 37.1 Å². The molecule has 3 rings (SSSR count). The minimum absolute atomic E-state index is 0.0661. The number of halogens is 1. The van der Waals surface area contributed by atoms with Crippen molar-refractivity contribution in [3.8, 4) is 0 Å². The minimum atomic E-state index is -3.80. The van der Waals surface area contributed by atoms with Gasteiger partial charge in [-0.2, -0.15) is 4.31 Å². The van der Waals surface area contributed by atoms with Crippen molar-refractivity contribution in [1.29, 1.82) is 0 Å². The lowest BCUT2D eigenvalue weighted by Crippen LogP contribution is -2.36. The standard InChI is InChI=1S/C20H23ClN2O5S2/c1-22(13-15-9-10-18(21)29-15)19(24)14-28-20(25)16-7-3-4-8-17(16)30(26,27)23-11-5-2-6-12-23/h3-4,7-10H,2,5-6,11-14H2,1H3. The van der Waals surface area contributed by atoms with E-state index in [4.69, 9.17) is 16.3 Å². The molecule has 0 bridgehead atoms. The summed E-state index contributed by atoms with van der Waals surface area (Å²) in [6.07, 6.45) is 2.58. The number of hydrogen-bond donors (Lipinski definition) is 0. The van der Waals surface area contributed by atoms with Gasteiger partial charge in [-0.3, -0.25) is 4.79 Å². The lowest BCUT2D eigenvalue weighted by Gasteiger charge is -2.26. The summed E-state index contributed by atoms with van der Waals surface area (Å²) >= 11 is 7.26. The highest BCUT2D eigenvalue weighted by molar-refractivity contribution is 7.89. The molecular weight excluding hydrogens is 448 g/mol. The van der Waals surface area contributed by atoms with E-state index >= 15 is 0 Å². The molecule has 0 spiro atoms. The van der Waals surface area contributed by atoms with Crippen molar-refractivity contribution in [3.05, 3.63) is 51.2 Å². The first kappa shape index (κ1) is 22.7. The van der Waals surface area contributed by atoms with Crippen LogP contribution in [-0.2, 0) is 26.1 Å². The van der Waals surface area contributed by atoms with Crippen LogP contribution in [0.15, 0.2) is 41.3 Å². The zero-order valence-electron chi connectivity index (χ0n) is 16.5. The first-order valence-corrected chi connectivity index (χ1v) is 12.2. The zero-order chi connectivity index (χ0) is 21.7. The van der Waals surface area contributed by atoms with Gasteiger partial charge in [0, 0.05) is 25.0 Å². The molecule has 7 nitrogen and oxygen atoms in total. The van der Waals surface area contributed by atoms with Gasteiger partial charge in [-0.15, -0.1) is 11.3 Å². The van der Waals surface area contributed by atoms with Crippen LogP contribution in [0.4, 0.5) is 0 Å². The normalized spacial score (nSPS) is 15.0. The highest BCUT2D eigenvalue weighted by Crippen LogP contribution is 2.24. The average Bonchev–Trinajstić information content (AvgIpc) is 3.16. The van der Waals surface area contributed by atoms with Crippen molar-refractivity contribution >= 4 is 44.8 Å². The predicted molar refractivity (Wildman–Crippen MR) is 115 cm³/mol. The number of carbonyl (C=O) groups excluding carboxylic acids is 2. The lowest BCUT2D eigenvalue weighted by molar-refractivity contribution is -0.133. The molecule has 0 radical (unpaired) electrons. The number of hydrogen-bond acceptors (Lipinski definition) is 6. The molecule has 0 aliphatic carbocycles. The Labute approximate surface area is 185 Å². The van der Waals surface area contributed by atoms with Crippen molar-refractivity contribution < 1.29 is 22.7 Å². The fourth-order valence-electron chi connectivity index (χ4n) is 3.18. The average molecular weight is 471 g/mol. The number of esters is 1. The Bertz CT molecular complexity index is 1020.